The van der Waals surface area contributed by atoms with E-state index in [2.05, 4.69) is 5.32 Å². The Labute approximate surface area is 140 Å². The largest absolute Gasteiger partial charge is 0.497 e. The molecule has 0 radical (unpaired) electrons. The fraction of sp³-hybridized carbons (Fsp3) is 0.222. The third-order valence-corrected chi connectivity index (χ3v) is 3.31. The Morgan fingerprint density at radius 3 is 2.54 bits per heavy atom. The zero-order valence-electron chi connectivity index (χ0n) is 13.6. The number of carbonyl (C=O) groups excluding carboxylic acids is 2. The van der Waals surface area contributed by atoms with Crippen LogP contribution in [0.25, 0.3) is 0 Å². The molecule has 0 heterocycles. The van der Waals surface area contributed by atoms with Gasteiger partial charge in [0.25, 0.3) is 5.91 Å². The summed E-state index contributed by atoms with van der Waals surface area (Å²) in [7, 11) is 3.07. The molecule has 1 N–H and O–H groups in total. The molecule has 2 aromatic rings. The van der Waals surface area contributed by atoms with Crippen LogP contribution in [0.5, 0.6) is 11.5 Å². The molecule has 6 nitrogen and oxygen atoms in total. The number of carbonyl (C=O) groups is 2. The van der Waals surface area contributed by atoms with Crippen molar-refractivity contribution in [3.8, 4) is 11.5 Å². The van der Waals surface area contributed by atoms with Crippen LogP contribution in [0, 0.1) is 0 Å². The average molecular weight is 329 g/mol. The van der Waals surface area contributed by atoms with Gasteiger partial charge in [-0.3, -0.25) is 9.59 Å². The Kier molecular flexibility index (Phi) is 6.19. The summed E-state index contributed by atoms with van der Waals surface area (Å²) in [5, 5.41) is 2.51. The maximum atomic E-state index is 12.0. The van der Waals surface area contributed by atoms with Gasteiger partial charge >= 0.3 is 5.97 Å². The summed E-state index contributed by atoms with van der Waals surface area (Å²) < 4.78 is 15.4. The van der Waals surface area contributed by atoms with Gasteiger partial charge in [0.05, 0.1) is 14.2 Å². The number of ether oxygens (including phenoxy) is 3. The average Bonchev–Trinajstić information content (AvgIpc) is 2.64. The summed E-state index contributed by atoms with van der Waals surface area (Å²) in [5.74, 6) is 0.312. The van der Waals surface area contributed by atoms with E-state index >= 15 is 0 Å². The highest BCUT2D eigenvalue weighted by Gasteiger charge is 2.11. The van der Waals surface area contributed by atoms with Crippen LogP contribution in [-0.2, 0) is 16.1 Å². The van der Waals surface area contributed by atoms with E-state index in [1.54, 1.807) is 43.5 Å². The third-order valence-electron chi connectivity index (χ3n) is 3.31. The first-order chi connectivity index (χ1) is 11.6. The second-order valence-electron chi connectivity index (χ2n) is 4.89. The molecule has 0 aliphatic rings. The van der Waals surface area contributed by atoms with Crippen molar-refractivity contribution >= 4 is 11.9 Å². The summed E-state index contributed by atoms with van der Waals surface area (Å²) in [5.41, 5.74) is 1.17. The SMILES string of the molecule is COc1cccc(C(=O)NCC(=O)OCc2ccccc2OC)c1. The molecule has 0 aliphatic carbocycles. The van der Waals surface area contributed by atoms with Crippen LogP contribution in [0.4, 0.5) is 0 Å². The fourth-order valence-electron chi connectivity index (χ4n) is 2.05. The lowest BCUT2D eigenvalue weighted by Crippen LogP contribution is -2.30. The number of methoxy groups -OCH3 is 2. The van der Waals surface area contributed by atoms with Crippen LogP contribution < -0.4 is 14.8 Å². The van der Waals surface area contributed by atoms with Crippen molar-refractivity contribution in [2.24, 2.45) is 0 Å². The third kappa shape index (κ3) is 4.74. The number of nitrogens with one attached hydrogen (secondary N) is 1. The van der Waals surface area contributed by atoms with Crippen molar-refractivity contribution in [2.45, 2.75) is 6.61 Å². The second-order valence-corrected chi connectivity index (χ2v) is 4.89. The van der Waals surface area contributed by atoms with E-state index < -0.39 is 5.97 Å². The Balaban J connectivity index is 1.83. The predicted molar refractivity (Wildman–Crippen MR) is 88.1 cm³/mol. The molecule has 126 valence electrons. The van der Waals surface area contributed by atoms with Crippen molar-refractivity contribution in [1.29, 1.82) is 0 Å². The van der Waals surface area contributed by atoms with Gasteiger partial charge in [-0.05, 0) is 24.3 Å². The first-order valence-corrected chi connectivity index (χ1v) is 7.34. The Hall–Kier alpha value is -3.02. The maximum absolute atomic E-state index is 12.0. The summed E-state index contributed by atoms with van der Waals surface area (Å²) >= 11 is 0. The van der Waals surface area contributed by atoms with Gasteiger partial charge in [0.15, 0.2) is 0 Å². The molecule has 2 aromatic carbocycles. The molecular weight excluding hydrogens is 310 g/mol. The van der Waals surface area contributed by atoms with Gasteiger partial charge < -0.3 is 19.5 Å². The second kappa shape index (κ2) is 8.57. The molecule has 0 unspecified atom stereocenters. The van der Waals surface area contributed by atoms with Gasteiger partial charge in [-0.15, -0.1) is 0 Å². The highest BCUT2D eigenvalue weighted by Crippen LogP contribution is 2.18. The number of benzene rings is 2. The van der Waals surface area contributed by atoms with E-state index in [0.29, 0.717) is 17.1 Å². The zero-order chi connectivity index (χ0) is 17.4. The van der Waals surface area contributed by atoms with E-state index in [4.69, 9.17) is 14.2 Å². The number of hydrogen-bond acceptors (Lipinski definition) is 5. The normalized spacial score (nSPS) is 9.92. The van der Waals surface area contributed by atoms with Crippen LogP contribution in [0.2, 0.25) is 0 Å². The minimum Gasteiger partial charge on any atom is -0.497 e. The highest BCUT2D eigenvalue weighted by atomic mass is 16.5. The molecule has 2 rings (SSSR count). The molecule has 0 atom stereocenters. The van der Waals surface area contributed by atoms with E-state index in [0.717, 1.165) is 5.56 Å². The Morgan fingerprint density at radius 2 is 1.79 bits per heavy atom. The zero-order valence-corrected chi connectivity index (χ0v) is 13.6. The minimum absolute atomic E-state index is 0.0812. The number of amides is 1. The standard InChI is InChI=1S/C18H19NO5/c1-22-15-8-5-7-13(10-15)18(21)19-11-17(20)24-12-14-6-3-4-9-16(14)23-2/h3-10H,11-12H2,1-2H3,(H,19,21). The molecule has 0 saturated heterocycles. The van der Waals surface area contributed by atoms with E-state index in [1.165, 1.54) is 7.11 Å². The molecule has 0 aromatic heterocycles. The number of esters is 1. The highest BCUT2D eigenvalue weighted by molar-refractivity contribution is 5.96. The van der Waals surface area contributed by atoms with Crippen molar-refractivity contribution < 1.29 is 23.8 Å². The maximum Gasteiger partial charge on any atom is 0.325 e. The minimum atomic E-state index is -0.530. The summed E-state index contributed by atoms with van der Waals surface area (Å²) in [4.78, 5) is 23.8. The quantitative estimate of drug-likeness (QED) is 0.788. The fourth-order valence-corrected chi connectivity index (χ4v) is 2.05. The topological polar surface area (TPSA) is 73.9 Å². The number of para-hydroxylation sites is 1. The van der Waals surface area contributed by atoms with E-state index in [9.17, 15) is 9.59 Å². The first-order valence-electron chi connectivity index (χ1n) is 7.34. The summed E-state index contributed by atoms with van der Waals surface area (Å²) in [6.45, 7) is -0.136. The van der Waals surface area contributed by atoms with Crippen LogP contribution in [0.15, 0.2) is 48.5 Å². The van der Waals surface area contributed by atoms with Gasteiger partial charge in [-0.25, -0.2) is 0 Å². The van der Waals surface area contributed by atoms with Gasteiger partial charge in [-0.2, -0.15) is 0 Å². The lowest BCUT2D eigenvalue weighted by Gasteiger charge is -2.10. The number of rotatable bonds is 7. The van der Waals surface area contributed by atoms with Crippen LogP contribution in [0.1, 0.15) is 15.9 Å². The van der Waals surface area contributed by atoms with Crippen molar-refractivity contribution in [2.75, 3.05) is 20.8 Å². The van der Waals surface area contributed by atoms with E-state index in [1.807, 2.05) is 12.1 Å². The lowest BCUT2D eigenvalue weighted by atomic mass is 10.2. The molecule has 6 heteroatoms. The molecular formula is C18H19NO5. The monoisotopic (exact) mass is 329 g/mol. The molecule has 0 spiro atoms. The van der Waals surface area contributed by atoms with Gasteiger partial charge in [-0.1, -0.05) is 24.3 Å². The van der Waals surface area contributed by atoms with Gasteiger partial charge in [0, 0.05) is 11.1 Å². The smallest absolute Gasteiger partial charge is 0.325 e. The van der Waals surface area contributed by atoms with Crippen molar-refractivity contribution in [3.63, 3.8) is 0 Å². The van der Waals surface area contributed by atoms with Crippen molar-refractivity contribution in [3.05, 3.63) is 59.7 Å². The number of hydrogen-bond donors (Lipinski definition) is 1. The molecule has 1 amide bonds. The molecule has 0 bridgehead atoms. The van der Waals surface area contributed by atoms with Crippen LogP contribution in [-0.4, -0.2) is 32.6 Å². The van der Waals surface area contributed by atoms with Crippen LogP contribution >= 0.6 is 0 Å². The molecule has 24 heavy (non-hydrogen) atoms. The summed E-state index contributed by atoms with van der Waals surface area (Å²) in [6.07, 6.45) is 0. The predicted octanol–water partition coefficient (Wildman–Crippen LogP) is 2.18. The lowest BCUT2D eigenvalue weighted by molar-refractivity contribution is -0.143. The van der Waals surface area contributed by atoms with Crippen LogP contribution in [0.3, 0.4) is 0 Å². The Morgan fingerprint density at radius 1 is 1.00 bits per heavy atom. The first kappa shape index (κ1) is 17.3. The molecule has 0 fully saturated rings. The van der Waals surface area contributed by atoms with E-state index in [-0.39, 0.29) is 19.1 Å². The van der Waals surface area contributed by atoms with Gasteiger partial charge in [0.1, 0.15) is 24.7 Å². The Bertz CT molecular complexity index is 714. The molecule has 0 saturated carbocycles. The van der Waals surface area contributed by atoms with Gasteiger partial charge in [0.2, 0.25) is 0 Å². The summed E-state index contributed by atoms with van der Waals surface area (Å²) in [6, 6.07) is 13.9. The van der Waals surface area contributed by atoms with Crippen molar-refractivity contribution in [1.82, 2.24) is 5.32 Å². The molecule has 0 aliphatic heterocycles.